The van der Waals surface area contributed by atoms with Crippen molar-refractivity contribution in [2.45, 2.75) is 6.54 Å². The van der Waals surface area contributed by atoms with Gasteiger partial charge in [-0.15, -0.1) is 0 Å². The summed E-state index contributed by atoms with van der Waals surface area (Å²) in [5.74, 6) is -0.619. The molecule has 2 aromatic carbocycles. The molecule has 180 valence electrons. The summed E-state index contributed by atoms with van der Waals surface area (Å²) in [4.78, 5) is 34.1. The van der Waals surface area contributed by atoms with E-state index in [1.807, 2.05) is 12.1 Å². The molecule has 8 nitrogen and oxygen atoms in total. The maximum Gasteiger partial charge on any atom is 0.275 e. The van der Waals surface area contributed by atoms with Crippen molar-refractivity contribution in [3.05, 3.63) is 81.5 Å². The van der Waals surface area contributed by atoms with E-state index < -0.39 is 5.82 Å². The van der Waals surface area contributed by atoms with E-state index in [0.29, 0.717) is 53.4 Å². The number of rotatable bonds is 6. The van der Waals surface area contributed by atoms with Crippen molar-refractivity contribution in [1.29, 1.82) is 0 Å². The number of aromatic nitrogens is 3. The highest BCUT2D eigenvalue weighted by Gasteiger charge is 2.22. The Labute approximate surface area is 209 Å². The Morgan fingerprint density at radius 2 is 1.83 bits per heavy atom. The first kappa shape index (κ1) is 23.4. The number of hydrogen-bond donors (Lipinski definition) is 0. The Kier molecular flexibility index (Phi) is 6.76. The van der Waals surface area contributed by atoms with Gasteiger partial charge < -0.3 is 9.64 Å². The van der Waals surface area contributed by atoms with Crippen LogP contribution in [-0.2, 0) is 11.3 Å². The first-order valence-electron chi connectivity index (χ1n) is 11.0. The highest BCUT2D eigenvalue weighted by atomic mass is 35.5. The van der Waals surface area contributed by atoms with Crippen molar-refractivity contribution in [3.63, 3.8) is 0 Å². The number of hydrogen-bond acceptors (Lipinski definition) is 7. The maximum absolute atomic E-state index is 13.7. The molecule has 1 saturated heterocycles. The van der Waals surface area contributed by atoms with Gasteiger partial charge in [0.05, 0.1) is 5.69 Å². The molecule has 0 saturated carbocycles. The Balaban J connectivity index is 1.19. The van der Waals surface area contributed by atoms with E-state index in [0.717, 1.165) is 5.56 Å². The molecule has 1 amide bonds. The molecule has 1 aliphatic rings. The molecule has 0 atom stereocenters. The lowest BCUT2D eigenvalue weighted by molar-refractivity contribution is -0.135. The fourth-order valence-corrected chi connectivity index (χ4v) is 4.88. The summed E-state index contributed by atoms with van der Waals surface area (Å²) in [6.07, 6.45) is 0. The van der Waals surface area contributed by atoms with Crippen LogP contribution < -0.4 is 10.3 Å². The average molecular weight is 514 g/mol. The maximum atomic E-state index is 13.7. The lowest BCUT2D eigenvalue weighted by atomic mass is 10.2. The van der Waals surface area contributed by atoms with E-state index in [9.17, 15) is 14.0 Å². The molecule has 0 radical (unpaired) electrons. The molecule has 35 heavy (non-hydrogen) atoms. The number of benzene rings is 2. The minimum atomic E-state index is -0.494. The average Bonchev–Trinajstić information content (AvgIpc) is 3.29. The number of carbonyl (C=O) groups is 1. The predicted molar refractivity (Wildman–Crippen MR) is 131 cm³/mol. The van der Waals surface area contributed by atoms with Crippen molar-refractivity contribution >= 4 is 33.8 Å². The molecule has 1 aliphatic heterocycles. The Hall–Kier alpha value is -3.34. The molecule has 3 heterocycles. The second kappa shape index (κ2) is 10.1. The number of piperazine rings is 1. The number of halogens is 2. The number of fused-ring (bicyclic) bond motifs is 1. The van der Waals surface area contributed by atoms with E-state index in [1.54, 1.807) is 29.2 Å². The van der Waals surface area contributed by atoms with Crippen LogP contribution in [0.1, 0.15) is 5.69 Å². The van der Waals surface area contributed by atoms with Gasteiger partial charge in [0.15, 0.2) is 18.2 Å². The van der Waals surface area contributed by atoms with Crippen molar-refractivity contribution in [2.75, 3.05) is 32.8 Å². The zero-order valence-corrected chi connectivity index (χ0v) is 20.1. The van der Waals surface area contributed by atoms with Crippen LogP contribution in [0, 0.1) is 5.82 Å². The van der Waals surface area contributed by atoms with Crippen LogP contribution in [0.15, 0.2) is 59.4 Å². The Morgan fingerprint density at radius 1 is 1.09 bits per heavy atom. The van der Waals surface area contributed by atoms with Gasteiger partial charge in [-0.1, -0.05) is 47.2 Å². The van der Waals surface area contributed by atoms with Crippen LogP contribution in [0.25, 0.3) is 15.5 Å². The van der Waals surface area contributed by atoms with Crippen molar-refractivity contribution in [3.8, 4) is 16.3 Å². The minimum absolute atomic E-state index is 0.0644. The zero-order chi connectivity index (χ0) is 24.4. The summed E-state index contributed by atoms with van der Waals surface area (Å²) < 4.78 is 20.3. The molecule has 1 fully saturated rings. The van der Waals surface area contributed by atoms with Gasteiger partial charge >= 0.3 is 0 Å². The summed E-state index contributed by atoms with van der Waals surface area (Å²) in [5, 5.41) is 5.72. The van der Waals surface area contributed by atoms with Crippen molar-refractivity contribution in [1.82, 2.24) is 24.4 Å². The number of nitrogens with zero attached hydrogens (tertiary/aromatic N) is 5. The monoisotopic (exact) mass is 513 g/mol. The SMILES string of the molecule is O=C(COc1ccccc1F)N1CCN(Cc2cc(=O)n3nc(-c4ccc(Cl)cc4)sc3n2)CC1. The second-order valence-electron chi connectivity index (χ2n) is 8.07. The van der Waals surface area contributed by atoms with E-state index in [4.69, 9.17) is 16.3 Å². The number of carbonyl (C=O) groups excluding carboxylic acids is 1. The number of ether oxygens (including phenoxy) is 1. The van der Waals surface area contributed by atoms with Crippen LogP contribution in [0.2, 0.25) is 5.02 Å². The van der Waals surface area contributed by atoms with Crippen molar-refractivity contribution in [2.24, 2.45) is 0 Å². The zero-order valence-electron chi connectivity index (χ0n) is 18.6. The Bertz CT molecular complexity index is 1420. The second-order valence-corrected chi connectivity index (χ2v) is 9.46. The van der Waals surface area contributed by atoms with Gasteiger partial charge in [0, 0.05) is 49.4 Å². The van der Waals surface area contributed by atoms with Gasteiger partial charge in [-0.05, 0) is 24.3 Å². The van der Waals surface area contributed by atoms with Gasteiger partial charge in [0.2, 0.25) is 4.96 Å². The highest BCUT2D eigenvalue weighted by Crippen LogP contribution is 2.25. The third-order valence-electron chi connectivity index (χ3n) is 5.69. The molecule has 4 aromatic rings. The lowest BCUT2D eigenvalue weighted by Gasteiger charge is -2.34. The van der Waals surface area contributed by atoms with Gasteiger partial charge in [0.25, 0.3) is 11.5 Å². The van der Waals surface area contributed by atoms with Gasteiger partial charge in [-0.2, -0.15) is 9.61 Å². The number of amides is 1. The van der Waals surface area contributed by atoms with Gasteiger partial charge in [-0.3, -0.25) is 14.5 Å². The van der Waals surface area contributed by atoms with Gasteiger partial charge in [0.1, 0.15) is 5.01 Å². The molecule has 11 heteroatoms. The first-order valence-corrected chi connectivity index (χ1v) is 12.2. The van der Waals surface area contributed by atoms with E-state index in [2.05, 4.69) is 15.0 Å². The molecule has 0 spiro atoms. The smallest absolute Gasteiger partial charge is 0.275 e. The molecule has 5 rings (SSSR count). The molecular formula is C24H21ClFN5O3S. The first-order chi connectivity index (χ1) is 17.0. The molecule has 2 aromatic heterocycles. The largest absolute Gasteiger partial charge is 0.481 e. The summed E-state index contributed by atoms with van der Waals surface area (Å²) in [6, 6.07) is 14.8. The fourth-order valence-electron chi connectivity index (χ4n) is 3.82. The summed E-state index contributed by atoms with van der Waals surface area (Å²) >= 11 is 7.30. The van der Waals surface area contributed by atoms with Crippen LogP contribution in [0.3, 0.4) is 0 Å². The molecular weight excluding hydrogens is 493 g/mol. The van der Waals surface area contributed by atoms with Crippen molar-refractivity contribution < 1.29 is 13.9 Å². The topological polar surface area (TPSA) is 80.0 Å². The third kappa shape index (κ3) is 5.34. The summed E-state index contributed by atoms with van der Waals surface area (Å²) in [7, 11) is 0. The molecule has 0 N–H and O–H groups in total. The Morgan fingerprint density at radius 3 is 2.57 bits per heavy atom. The fraction of sp³-hybridized carbons (Fsp3) is 0.250. The third-order valence-corrected chi connectivity index (χ3v) is 6.90. The predicted octanol–water partition coefficient (Wildman–Crippen LogP) is 3.33. The molecule has 0 unspecified atom stereocenters. The van der Waals surface area contributed by atoms with E-state index in [-0.39, 0.29) is 23.8 Å². The van der Waals surface area contributed by atoms with E-state index >= 15 is 0 Å². The van der Waals surface area contributed by atoms with Crippen LogP contribution in [0.5, 0.6) is 5.75 Å². The molecule has 0 bridgehead atoms. The number of para-hydroxylation sites is 1. The molecule has 0 aliphatic carbocycles. The summed E-state index contributed by atoms with van der Waals surface area (Å²) in [6.45, 7) is 2.57. The normalized spacial score (nSPS) is 14.4. The quantitative estimate of drug-likeness (QED) is 0.393. The van der Waals surface area contributed by atoms with Crippen LogP contribution in [0.4, 0.5) is 4.39 Å². The lowest BCUT2D eigenvalue weighted by Crippen LogP contribution is -2.49. The standard InChI is InChI=1S/C24H21ClFN5O3S/c25-17-7-5-16(6-8-17)23-28-31-21(32)13-18(27-24(31)35-23)14-29-9-11-30(12-10-29)22(33)15-34-20-4-2-1-3-19(20)26/h1-8,13H,9-12,14-15H2. The van der Waals surface area contributed by atoms with Gasteiger partial charge in [-0.25, -0.2) is 9.37 Å². The highest BCUT2D eigenvalue weighted by molar-refractivity contribution is 7.19. The minimum Gasteiger partial charge on any atom is -0.481 e. The van der Waals surface area contributed by atoms with Crippen LogP contribution >= 0.6 is 22.9 Å². The van der Waals surface area contributed by atoms with E-state index in [1.165, 1.54) is 34.1 Å². The van der Waals surface area contributed by atoms with Crippen LogP contribution in [-0.4, -0.2) is 63.1 Å². The summed E-state index contributed by atoms with van der Waals surface area (Å²) in [5.41, 5.74) is 1.29.